The lowest BCUT2D eigenvalue weighted by Crippen LogP contribution is -2.32. The summed E-state index contributed by atoms with van der Waals surface area (Å²) < 4.78 is 7.57. The Kier molecular flexibility index (Phi) is 7.28. The zero-order valence-corrected chi connectivity index (χ0v) is 21.5. The number of pyridine rings is 1. The predicted molar refractivity (Wildman–Crippen MR) is 143 cm³/mol. The topological polar surface area (TPSA) is 92.8 Å². The van der Waals surface area contributed by atoms with Crippen LogP contribution in [-0.4, -0.2) is 30.1 Å². The first kappa shape index (κ1) is 24.6. The van der Waals surface area contributed by atoms with Crippen LogP contribution in [0.4, 0.5) is 0 Å². The number of H-pyrrole nitrogens is 1. The van der Waals surface area contributed by atoms with Crippen LogP contribution >= 0.6 is 0 Å². The van der Waals surface area contributed by atoms with Crippen molar-refractivity contribution in [1.29, 1.82) is 0 Å². The van der Waals surface area contributed by atoms with Crippen LogP contribution in [0.3, 0.4) is 0 Å². The summed E-state index contributed by atoms with van der Waals surface area (Å²) in [5, 5.41) is 13.8. The van der Waals surface area contributed by atoms with Gasteiger partial charge in [-0.05, 0) is 89.5 Å². The molecule has 0 aliphatic rings. The van der Waals surface area contributed by atoms with Gasteiger partial charge in [0.25, 0.3) is 5.56 Å². The van der Waals surface area contributed by atoms with E-state index < -0.39 is 0 Å². The second-order valence-electron chi connectivity index (χ2n) is 9.55. The Balaban J connectivity index is 1.47. The van der Waals surface area contributed by atoms with E-state index in [1.807, 2.05) is 47.1 Å². The lowest BCUT2D eigenvalue weighted by atomic mass is 10.0. The van der Waals surface area contributed by atoms with E-state index in [-0.39, 0.29) is 11.6 Å². The summed E-state index contributed by atoms with van der Waals surface area (Å²) in [7, 11) is 0. The van der Waals surface area contributed by atoms with Crippen LogP contribution in [0.25, 0.3) is 10.9 Å². The molecule has 3 aromatic heterocycles. The quantitative estimate of drug-likeness (QED) is 0.288. The van der Waals surface area contributed by atoms with Crippen molar-refractivity contribution in [2.45, 2.75) is 59.3 Å². The van der Waals surface area contributed by atoms with Crippen molar-refractivity contribution in [2.75, 3.05) is 0 Å². The number of nitrogens with one attached hydrogen (secondary N) is 1. The van der Waals surface area contributed by atoms with Crippen molar-refractivity contribution in [3.63, 3.8) is 0 Å². The molecule has 0 aliphatic carbocycles. The maximum absolute atomic E-state index is 13.1. The summed E-state index contributed by atoms with van der Waals surface area (Å²) in [6.07, 6.45) is 3.28. The third-order valence-corrected chi connectivity index (χ3v) is 6.99. The molecule has 0 radical (unpaired) electrons. The van der Waals surface area contributed by atoms with Crippen molar-refractivity contribution in [3.8, 4) is 0 Å². The number of hydrogen-bond acceptors (Lipinski definition) is 6. The Hall–Kier alpha value is -4.04. The number of aromatic amines is 1. The van der Waals surface area contributed by atoms with Gasteiger partial charge in [-0.15, -0.1) is 5.10 Å². The molecule has 0 unspecified atom stereocenters. The minimum Gasteiger partial charge on any atom is -0.468 e. The SMILES string of the molecule is CC[C@H](c1nnnn1CCc1ccccc1)N(Cc1ccco1)Cc1cc2cc(C)c(C)cc2[nH]c1=O. The van der Waals surface area contributed by atoms with Crippen LogP contribution in [0.15, 0.2) is 76.1 Å². The highest BCUT2D eigenvalue weighted by atomic mass is 16.3. The number of fused-ring (bicyclic) bond motifs is 1. The van der Waals surface area contributed by atoms with E-state index in [2.05, 4.69) is 64.4 Å². The van der Waals surface area contributed by atoms with Crippen LogP contribution in [0.2, 0.25) is 0 Å². The fourth-order valence-electron chi connectivity index (χ4n) is 4.83. The first-order valence-corrected chi connectivity index (χ1v) is 12.7. The molecule has 0 spiro atoms. The number of nitrogens with zero attached hydrogens (tertiary/aromatic N) is 5. The van der Waals surface area contributed by atoms with Crippen molar-refractivity contribution in [2.24, 2.45) is 0 Å². The van der Waals surface area contributed by atoms with E-state index in [4.69, 9.17) is 4.42 Å². The third-order valence-electron chi connectivity index (χ3n) is 6.99. The van der Waals surface area contributed by atoms with Gasteiger partial charge < -0.3 is 9.40 Å². The van der Waals surface area contributed by atoms with Gasteiger partial charge >= 0.3 is 0 Å². The predicted octanol–water partition coefficient (Wildman–Crippen LogP) is 5.12. The summed E-state index contributed by atoms with van der Waals surface area (Å²) in [5.74, 6) is 1.61. The molecule has 1 N–H and O–H groups in total. The molecular formula is C29H32N6O2. The van der Waals surface area contributed by atoms with E-state index in [1.54, 1.807) is 6.26 Å². The van der Waals surface area contributed by atoms with Crippen LogP contribution in [0.1, 0.15) is 53.2 Å². The number of rotatable bonds is 10. The van der Waals surface area contributed by atoms with Gasteiger partial charge in [-0.25, -0.2) is 4.68 Å². The van der Waals surface area contributed by atoms with Gasteiger partial charge in [0.15, 0.2) is 5.82 Å². The molecule has 8 heteroatoms. The lowest BCUT2D eigenvalue weighted by Gasteiger charge is -2.29. The molecule has 2 aromatic carbocycles. The number of furan rings is 1. The molecule has 190 valence electrons. The molecule has 0 saturated heterocycles. The highest BCUT2D eigenvalue weighted by Crippen LogP contribution is 2.27. The van der Waals surface area contributed by atoms with Gasteiger partial charge in [0.05, 0.1) is 18.8 Å². The summed E-state index contributed by atoms with van der Waals surface area (Å²) in [6.45, 7) is 7.90. The summed E-state index contributed by atoms with van der Waals surface area (Å²) in [6, 6.07) is 20.2. The summed E-state index contributed by atoms with van der Waals surface area (Å²) in [5.41, 5.74) is 5.05. The van der Waals surface area contributed by atoms with E-state index in [1.165, 1.54) is 11.1 Å². The molecule has 0 bridgehead atoms. The van der Waals surface area contributed by atoms with Gasteiger partial charge in [-0.2, -0.15) is 0 Å². The average Bonchev–Trinajstić information content (AvgIpc) is 3.58. The van der Waals surface area contributed by atoms with Crippen molar-refractivity contribution in [1.82, 2.24) is 30.1 Å². The van der Waals surface area contributed by atoms with Crippen molar-refractivity contribution >= 4 is 10.9 Å². The highest BCUT2D eigenvalue weighted by molar-refractivity contribution is 5.80. The maximum Gasteiger partial charge on any atom is 0.252 e. The molecule has 37 heavy (non-hydrogen) atoms. The largest absolute Gasteiger partial charge is 0.468 e. The summed E-state index contributed by atoms with van der Waals surface area (Å²) >= 11 is 0. The van der Waals surface area contributed by atoms with Crippen molar-refractivity contribution in [3.05, 3.63) is 111 Å². The molecule has 5 rings (SSSR count). The molecule has 0 fully saturated rings. The van der Waals surface area contributed by atoms with Gasteiger partial charge in [-0.3, -0.25) is 9.69 Å². The molecular weight excluding hydrogens is 464 g/mol. The van der Waals surface area contributed by atoms with Gasteiger partial charge in [-0.1, -0.05) is 37.3 Å². The van der Waals surface area contributed by atoms with Crippen LogP contribution in [0.5, 0.6) is 0 Å². The van der Waals surface area contributed by atoms with E-state index >= 15 is 0 Å². The minimum absolute atomic E-state index is 0.0845. The third kappa shape index (κ3) is 5.54. The fourth-order valence-corrected chi connectivity index (χ4v) is 4.83. The number of aromatic nitrogens is 5. The number of hydrogen-bond donors (Lipinski definition) is 1. The number of benzene rings is 2. The second-order valence-corrected chi connectivity index (χ2v) is 9.55. The molecule has 3 heterocycles. The van der Waals surface area contributed by atoms with E-state index in [0.29, 0.717) is 25.2 Å². The zero-order valence-electron chi connectivity index (χ0n) is 21.5. The molecule has 0 aliphatic heterocycles. The monoisotopic (exact) mass is 496 g/mol. The first-order chi connectivity index (χ1) is 18.0. The van der Waals surface area contributed by atoms with Crippen molar-refractivity contribution < 1.29 is 4.42 Å². The van der Waals surface area contributed by atoms with Gasteiger partial charge in [0.1, 0.15) is 5.76 Å². The first-order valence-electron chi connectivity index (χ1n) is 12.7. The minimum atomic E-state index is -0.106. The molecule has 0 saturated carbocycles. The zero-order chi connectivity index (χ0) is 25.8. The summed E-state index contributed by atoms with van der Waals surface area (Å²) in [4.78, 5) is 18.4. The van der Waals surface area contributed by atoms with Crippen LogP contribution in [0, 0.1) is 13.8 Å². The molecule has 0 amide bonds. The molecule has 5 aromatic rings. The normalized spacial score (nSPS) is 12.4. The van der Waals surface area contributed by atoms with E-state index in [9.17, 15) is 4.79 Å². The Labute approximate surface area is 215 Å². The van der Waals surface area contributed by atoms with Crippen LogP contribution < -0.4 is 5.56 Å². The second kappa shape index (κ2) is 10.9. The van der Waals surface area contributed by atoms with E-state index in [0.717, 1.165) is 40.9 Å². The highest BCUT2D eigenvalue weighted by Gasteiger charge is 2.26. The smallest absolute Gasteiger partial charge is 0.252 e. The molecule has 8 nitrogen and oxygen atoms in total. The lowest BCUT2D eigenvalue weighted by molar-refractivity contribution is 0.148. The maximum atomic E-state index is 13.1. The Morgan fingerprint density at radius 3 is 2.59 bits per heavy atom. The van der Waals surface area contributed by atoms with Crippen LogP contribution in [-0.2, 0) is 26.1 Å². The Morgan fingerprint density at radius 2 is 1.84 bits per heavy atom. The van der Waals surface area contributed by atoms with Gasteiger partial charge in [0.2, 0.25) is 0 Å². The van der Waals surface area contributed by atoms with Gasteiger partial charge in [0, 0.05) is 24.2 Å². The number of aryl methyl sites for hydroxylation is 4. The Bertz CT molecular complexity index is 1520. The standard InChI is InChI=1S/C29H32N6O2/c1-4-27(28-31-32-33-35(28)13-12-22-9-6-5-7-10-22)34(19-25-11-8-14-37-25)18-24-17-23-15-20(2)21(3)16-26(23)30-29(24)36/h5-11,14-17,27H,4,12-13,18-19H2,1-3H3,(H,30,36)/t27-/m1/s1. The fraction of sp³-hybridized carbons (Fsp3) is 0.310. The average molecular weight is 497 g/mol. The number of tetrazole rings is 1. The Morgan fingerprint density at radius 1 is 1.03 bits per heavy atom. The molecule has 1 atom stereocenters.